The highest BCUT2D eigenvalue weighted by molar-refractivity contribution is 6.00. The first-order valence-corrected chi connectivity index (χ1v) is 10.2. The summed E-state index contributed by atoms with van der Waals surface area (Å²) in [5.41, 5.74) is 6.55. The Morgan fingerprint density at radius 1 is 1.00 bits per heavy atom. The second-order valence-corrected chi connectivity index (χ2v) is 7.90. The maximum atomic E-state index is 12.5. The predicted molar refractivity (Wildman–Crippen MR) is 118 cm³/mol. The monoisotopic (exact) mass is 399 g/mol. The molecular formula is C26H25NO3. The van der Waals surface area contributed by atoms with Crippen LogP contribution in [-0.4, -0.2) is 24.3 Å². The zero-order valence-electron chi connectivity index (χ0n) is 17.5. The molecule has 0 spiro atoms. The zero-order chi connectivity index (χ0) is 21.3. The highest BCUT2D eigenvalue weighted by atomic mass is 16.5. The van der Waals surface area contributed by atoms with Crippen LogP contribution in [0.5, 0.6) is 5.75 Å². The van der Waals surface area contributed by atoms with Crippen LogP contribution in [0.25, 0.3) is 11.1 Å². The molecule has 0 saturated heterocycles. The van der Waals surface area contributed by atoms with Crippen LogP contribution in [0.3, 0.4) is 0 Å². The lowest BCUT2D eigenvalue weighted by Crippen LogP contribution is -2.34. The summed E-state index contributed by atoms with van der Waals surface area (Å²) in [7, 11) is 0. The van der Waals surface area contributed by atoms with Crippen LogP contribution in [0.2, 0.25) is 0 Å². The van der Waals surface area contributed by atoms with Gasteiger partial charge < -0.3 is 10.1 Å². The van der Waals surface area contributed by atoms with E-state index in [1.54, 1.807) is 6.92 Å². The fraction of sp³-hybridized carbons (Fsp3) is 0.231. The van der Waals surface area contributed by atoms with Crippen molar-refractivity contribution in [2.75, 3.05) is 6.54 Å². The number of rotatable bonds is 5. The smallest absolute Gasteiger partial charge is 0.251 e. The molecule has 0 fully saturated rings. The highest BCUT2D eigenvalue weighted by Crippen LogP contribution is 2.34. The van der Waals surface area contributed by atoms with E-state index in [2.05, 4.69) is 11.4 Å². The predicted octanol–water partition coefficient (Wildman–Crippen LogP) is 4.91. The Morgan fingerprint density at radius 2 is 1.80 bits per heavy atom. The van der Waals surface area contributed by atoms with E-state index in [0.29, 0.717) is 17.7 Å². The summed E-state index contributed by atoms with van der Waals surface area (Å²) in [6.07, 6.45) is 0.617. The van der Waals surface area contributed by atoms with Crippen molar-refractivity contribution in [3.8, 4) is 16.9 Å². The van der Waals surface area contributed by atoms with Crippen molar-refractivity contribution >= 4 is 11.7 Å². The summed E-state index contributed by atoms with van der Waals surface area (Å²) in [6.45, 7) is 6.00. The maximum absolute atomic E-state index is 12.5. The molecule has 1 aliphatic rings. The molecule has 30 heavy (non-hydrogen) atoms. The molecule has 1 heterocycles. The summed E-state index contributed by atoms with van der Waals surface area (Å²) < 4.78 is 6.03. The third-order valence-corrected chi connectivity index (χ3v) is 5.54. The van der Waals surface area contributed by atoms with E-state index < -0.39 is 0 Å². The van der Waals surface area contributed by atoms with Gasteiger partial charge >= 0.3 is 0 Å². The van der Waals surface area contributed by atoms with E-state index in [9.17, 15) is 9.59 Å². The van der Waals surface area contributed by atoms with Crippen molar-refractivity contribution in [3.63, 3.8) is 0 Å². The number of ketones is 1. The van der Waals surface area contributed by atoms with Crippen LogP contribution < -0.4 is 10.1 Å². The fourth-order valence-corrected chi connectivity index (χ4v) is 4.01. The normalized spacial score (nSPS) is 14.7. The highest BCUT2D eigenvalue weighted by Gasteiger charge is 2.24. The number of carbonyl (C=O) groups excluding carboxylic acids is 2. The van der Waals surface area contributed by atoms with Gasteiger partial charge in [-0.05, 0) is 61.2 Å². The summed E-state index contributed by atoms with van der Waals surface area (Å²) >= 11 is 0. The quantitative estimate of drug-likeness (QED) is 0.621. The van der Waals surface area contributed by atoms with Crippen molar-refractivity contribution in [2.45, 2.75) is 33.3 Å². The molecule has 0 unspecified atom stereocenters. The molecule has 0 aliphatic carbocycles. The van der Waals surface area contributed by atoms with Gasteiger partial charge in [0.2, 0.25) is 0 Å². The molecule has 1 aliphatic heterocycles. The molecule has 3 aromatic carbocycles. The summed E-state index contributed by atoms with van der Waals surface area (Å²) in [5, 5.41) is 3.00. The Hall–Kier alpha value is -3.40. The SMILES string of the molecule is CC(=O)c1ccccc1-c1ccc2c(c1)C[C@H](CNC(=O)c1ccc(C)cc1C)O2. The Kier molecular flexibility index (Phi) is 5.40. The molecule has 4 heteroatoms. The number of ether oxygens (including phenoxy) is 1. The molecule has 0 saturated carbocycles. The van der Waals surface area contributed by atoms with Gasteiger partial charge in [0.15, 0.2) is 5.78 Å². The minimum absolute atomic E-state index is 0.0503. The Balaban J connectivity index is 1.45. The van der Waals surface area contributed by atoms with E-state index in [4.69, 9.17) is 4.74 Å². The van der Waals surface area contributed by atoms with Crippen LogP contribution in [0.15, 0.2) is 60.7 Å². The molecule has 0 aromatic heterocycles. The van der Waals surface area contributed by atoms with Gasteiger partial charge in [-0.1, -0.05) is 48.0 Å². The minimum Gasteiger partial charge on any atom is -0.488 e. The van der Waals surface area contributed by atoms with Crippen molar-refractivity contribution < 1.29 is 14.3 Å². The number of fused-ring (bicyclic) bond motifs is 1. The number of amides is 1. The fourth-order valence-electron chi connectivity index (χ4n) is 4.01. The zero-order valence-corrected chi connectivity index (χ0v) is 17.5. The number of carbonyl (C=O) groups is 2. The number of aryl methyl sites for hydroxylation is 2. The van der Waals surface area contributed by atoms with E-state index in [0.717, 1.165) is 40.0 Å². The molecule has 4 rings (SSSR count). The second-order valence-electron chi connectivity index (χ2n) is 7.90. The molecular weight excluding hydrogens is 374 g/mol. The van der Waals surface area contributed by atoms with Gasteiger partial charge in [-0.3, -0.25) is 9.59 Å². The van der Waals surface area contributed by atoms with Crippen molar-refractivity contribution in [1.29, 1.82) is 0 Å². The Labute approximate surface area is 176 Å². The maximum Gasteiger partial charge on any atom is 0.251 e. The molecule has 1 N–H and O–H groups in total. The summed E-state index contributed by atoms with van der Waals surface area (Å²) in [5.74, 6) is 0.808. The van der Waals surface area contributed by atoms with Crippen molar-refractivity contribution in [2.24, 2.45) is 0 Å². The number of hydrogen-bond donors (Lipinski definition) is 1. The lowest BCUT2D eigenvalue weighted by atomic mass is 9.95. The van der Waals surface area contributed by atoms with Gasteiger partial charge in [0, 0.05) is 17.5 Å². The summed E-state index contributed by atoms with van der Waals surface area (Å²) in [6, 6.07) is 19.5. The topological polar surface area (TPSA) is 55.4 Å². The standard InChI is InChI=1S/C26H25NO3/c1-16-8-10-22(17(2)12-16)26(29)27-15-21-14-20-13-19(9-11-25(20)30-21)24-7-5-4-6-23(24)18(3)28/h4-13,21H,14-15H2,1-3H3,(H,27,29)/t21-/m1/s1. The largest absolute Gasteiger partial charge is 0.488 e. The summed E-state index contributed by atoms with van der Waals surface area (Å²) in [4.78, 5) is 24.5. The van der Waals surface area contributed by atoms with E-state index in [1.165, 1.54) is 0 Å². The van der Waals surface area contributed by atoms with Crippen molar-refractivity contribution in [3.05, 3.63) is 88.5 Å². The number of benzene rings is 3. The minimum atomic E-state index is -0.104. The molecule has 0 radical (unpaired) electrons. The molecule has 3 aromatic rings. The molecule has 4 nitrogen and oxygen atoms in total. The van der Waals surface area contributed by atoms with Gasteiger partial charge in [0.05, 0.1) is 6.54 Å². The van der Waals surface area contributed by atoms with Crippen LogP contribution in [0.1, 0.15) is 44.3 Å². The van der Waals surface area contributed by atoms with Crippen LogP contribution in [-0.2, 0) is 6.42 Å². The number of nitrogens with one attached hydrogen (secondary N) is 1. The third kappa shape index (κ3) is 3.99. The van der Waals surface area contributed by atoms with Gasteiger partial charge in [-0.2, -0.15) is 0 Å². The van der Waals surface area contributed by atoms with E-state index in [1.807, 2.05) is 68.4 Å². The van der Waals surface area contributed by atoms with E-state index >= 15 is 0 Å². The molecule has 1 atom stereocenters. The first-order valence-electron chi connectivity index (χ1n) is 10.2. The Morgan fingerprint density at radius 3 is 2.57 bits per heavy atom. The lowest BCUT2D eigenvalue weighted by Gasteiger charge is -2.13. The van der Waals surface area contributed by atoms with Gasteiger partial charge in [0.1, 0.15) is 11.9 Å². The first-order chi connectivity index (χ1) is 14.4. The van der Waals surface area contributed by atoms with E-state index in [-0.39, 0.29) is 17.8 Å². The van der Waals surface area contributed by atoms with Gasteiger partial charge in [-0.15, -0.1) is 0 Å². The average Bonchev–Trinajstić information content (AvgIpc) is 3.14. The third-order valence-electron chi connectivity index (χ3n) is 5.54. The molecule has 1 amide bonds. The van der Waals surface area contributed by atoms with Crippen molar-refractivity contribution in [1.82, 2.24) is 5.32 Å². The molecule has 152 valence electrons. The number of hydrogen-bond acceptors (Lipinski definition) is 3. The van der Waals surface area contributed by atoms with Crippen LogP contribution >= 0.6 is 0 Å². The van der Waals surface area contributed by atoms with Crippen LogP contribution in [0.4, 0.5) is 0 Å². The first kappa shape index (κ1) is 19.9. The lowest BCUT2D eigenvalue weighted by molar-refractivity contribution is 0.0932. The second kappa shape index (κ2) is 8.15. The van der Waals surface area contributed by atoms with Gasteiger partial charge in [-0.25, -0.2) is 0 Å². The van der Waals surface area contributed by atoms with Crippen LogP contribution in [0, 0.1) is 13.8 Å². The Bertz CT molecular complexity index is 1130. The molecule has 0 bridgehead atoms. The average molecular weight is 399 g/mol. The number of Topliss-reactive ketones (excluding diaryl/α,β-unsaturated/α-hetero) is 1. The van der Waals surface area contributed by atoms with Gasteiger partial charge in [0.25, 0.3) is 5.91 Å².